The fourth-order valence-electron chi connectivity index (χ4n) is 3.42. The van der Waals surface area contributed by atoms with Crippen molar-refractivity contribution in [2.75, 3.05) is 28.6 Å². The van der Waals surface area contributed by atoms with Crippen LogP contribution in [0.25, 0.3) is 0 Å². The monoisotopic (exact) mass is 568 g/mol. The number of benzene rings is 3. The maximum atomic E-state index is 12.7. The molecule has 0 aliphatic heterocycles. The van der Waals surface area contributed by atoms with Gasteiger partial charge in [-0.3, -0.25) is 9.59 Å². The minimum absolute atomic E-state index is 0.00944. The molecule has 0 aliphatic carbocycles. The van der Waals surface area contributed by atoms with Crippen molar-refractivity contribution in [1.29, 1.82) is 0 Å². The summed E-state index contributed by atoms with van der Waals surface area (Å²) < 4.78 is 38.1. The number of carbonyl (C=O) groups excluding carboxylic acids is 2. The molecule has 0 radical (unpaired) electrons. The lowest BCUT2D eigenvalue weighted by Crippen LogP contribution is -2.26. The number of amides is 2. The molecule has 0 saturated heterocycles. The van der Waals surface area contributed by atoms with E-state index in [-0.39, 0.29) is 23.3 Å². The molecule has 1 heterocycles. The number of carbonyl (C=O) groups is 2. The van der Waals surface area contributed by atoms with Gasteiger partial charge in [0, 0.05) is 34.6 Å². The second kappa shape index (κ2) is 11.6. The molecule has 0 fully saturated rings. The van der Waals surface area contributed by atoms with Crippen molar-refractivity contribution in [1.82, 2.24) is 5.16 Å². The number of aryl methyl sites for hydroxylation is 1. The first-order valence-corrected chi connectivity index (χ1v) is 13.5. The third-order valence-electron chi connectivity index (χ3n) is 5.82. The molecule has 0 aliphatic rings. The van der Waals surface area contributed by atoms with E-state index in [1.54, 1.807) is 69.4 Å². The highest BCUT2D eigenvalue weighted by Crippen LogP contribution is 2.23. The molecule has 12 heteroatoms. The molecule has 0 bridgehead atoms. The summed E-state index contributed by atoms with van der Waals surface area (Å²) in [6, 6.07) is 19.0. The van der Waals surface area contributed by atoms with Crippen LogP contribution < -0.4 is 19.7 Å². The fraction of sp³-hybridized carbons (Fsp3) is 0.148. The highest BCUT2D eigenvalue weighted by atomic mass is 35.5. The van der Waals surface area contributed by atoms with Crippen LogP contribution in [0.3, 0.4) is 0 Å². The number of sulfonamides is 1. The maximum Gasteiger partial charge on any atom is 0.264 e. The number of nitrogens with zero attached hydrogens (tertiary/aromatic N) is 2. The standard InChI is InChI=1S/C27H25ClN4O6S/c1-17-18(2)30-38-26(17)31-39(35,36)24-14-8-21(9-15-24)29-25(33)16-37-23-12-10-22(11-13-23)32(3)27(34)19-4-6-20(28)7-5-19/h4-15,31H,16H2,1-3H3,(H,29,33). The molecular weight excluding hydrogens is 544 g/mol. The van der Waals surface area contributed by atoms with Crippen LogP contribution in [-0.4, -0.2) is 39.0 Å². The lowest BCUT2D eigenvalue weighted by molar-refractivity contribution is -0.118. The number of ether oxygens (including phenoxy) is 1. The number of hydrogen-bond donors (Lipinski definition) is 2. The SMILES string of the molecule is Cc1noc(NS(=O)(=O)c2ccc(NC(=O)COc3ccc(N(C)C(=O)c4ccc(Cl)cc4)cc3)cc2)c1C. The Labute approximate surface area is 230 Å². The van der Waals surface area contributed by atoms with E-state index in [0.29, 0.717) is 39.0 Å². The van der Waals surface area contributed by atoms with E-state index < -0.39 is 15.9 Å². The van der Waals surface area contributed by atoms with Crippen molar-refractivity contribution in [3.63, 3.8) is 0 Å². The highest BCUT2D eigenvalue weighted by Gasteiger charge is 2.19. The lowest BCUT2D eigenvalue weighted by Gasteiger charge is -2.18. The highest BCUT2D eigenvalue weighted by molar-refractivity contribution is 7.92. The minimum Gasteiger partial charge on any atom is -0.484 e. The number of halogens is 1. The predicted molar refractivity (Wildman–Crippen MR) is 148 cm³/mol. The zero-order valence-electron chi connectivity index (χ0n) is 21.3. The van der Waals surface area contributed by atoms with Gasteiger partial charge < -0.3 is 19.5 Å². The number of anilines is 3. The van der Waals surface area contributed by atoms with Crippen LogP contribution in [0.15, 0.2) is 82.2 Å². The van der Waals surface area contributed by atoms with E-state index in [9.17, 15) is 18.0 Å². The Kier molecular flexibility index (Phi) is 8.22. The van der Waals surface area contributed by atoms with E-state index in [1.807, 2.05) is 0 Å². The third-order valence-corrected chi connectivity index (χ3v) is 7.42. The van der Waals surface area contributed by atoms with Gasteiger partial charge in [0.25, 0.3) is 21.8 Å². The van der Waals surface area contributed by atoms with Crippen LogP contribution in [0.2, 0.25) is 5.02 Å². The summed E-state index contributed by atoms with van der Waals surface area (Å²) in [5, 5.41) is 6.93. The van der Waals surface area contributed by atoms with Gasteiger partial charge in [-0.05, 0) is 86.6 Å². The summed E-state index contributed by atoms with van der Waals surface area (Å²) in [5.41, 5.74) is 2.72. The average molecular weight is 569 g/mol. The van der Waals surface area contributed by atoms with E-state index in [2.05, 4.69) is 15.2 Å². The third kappa shape index (κ3) is 6.75. The second-order valence-electron chi connectivity index (χ2n) is 8.55. The van der Waals surface area contributed by atoms with Crippen LogP contribution in [0.1, 0.15) is 21.6 Å². The summed E-state index contributed by atoms with van der Waals surface area (Å²) in [6.07, 6.45) is 0. The molecule has 202 valence electrons. The van der Waals surface area contributed by atoms with E-state index in [1.165, 1.54) is 29.2 Å². The van der Waals surface area contributed by atoms with Gasteiger partial charge in [0.1, 0.15) is 5.75 Å². The molecule has 39 heavy (non-hydrogen) atoms. The Morgan fingerprint density at radius 1 is 0.974 bits per heavy atom. The summed E-state index contributed by atoms with van der Waals surface area (Å²) >= 11 is 5.88. The van der Waals surface area contributed by atoms with Crippen molar-refractivity contribution in [3.8, 4) is 5.75 Å². The summed E-state index contributed by atoms with van der Waals surface area (Å²) in [6.45, 7) is 3.13. The predicted octanol–water partition coefficient (Wildman–Crippen LogP) is 5.04. The molecule has 2 N–H and O–H groups in total. The van der Waals surface area contributed by atoms with Gasteiger partial charge in [-0.25, -0.2) is 13.1 Å². The van der Waals surface area contributed by atoms with Crippen molar-refractivity contribution in [2.24, 2.45) is 0 Å². The fourth-order valence-corrected chi connectivity index (χ4v) is 4.60. The second-order valence-corrected chi connectivity index (χ2v) is 10.7. The van der Waals surface area contributed by atoms with Gasteiger partial charge in [0.05, 0.1) is 10.6 Å². The van der Waals surface area contributed by atoms with Crippen molar-refractivity contribution >= 4 is 50.7 Å². The van der Waals surface area contributed by atoms with Gasteiger partial charge in [0.2, 0.25) is 5.88 Å². The number of nitrogens with one attached hydrogen (secondary N) is 2. The summed E-state index contributed by atoms with van der Waals surface area (Å²) in [5.74, 6) is -0.144. The first-order valence-electron chi connectivity index (χ1n) is 11.7. The zero-order chi connectivity index (χ0) is 28.2. The Bertz CT molecular complexity index is 1580. The molecule has 3 aromatic carbocycles. The van der Waals surface area contributed by atoms with E-state index in [4.69, 9.17) is 20.9 Å². The largest absolute Gasteiger partial charge is 0.484 e. The molecule has 0 atom stereocenters. The van der Waals surface area contributed by atoms with Crippen LogP contribution >= 0.6 is 11.6 Å². The quantitative estimate of drug-likeness (QED) is 0.289. The van der Waals surface area contributed by atoms with Crippen LogP contribution in [0, 0.1) is 13.8 Å². The molecule has 0 unspecified atom stereocenters. The minimum atomic E-state index is -3.90. The van der Waals surface area contributed by atoms with Crippen LogP contribution in [0.4, 0.5) is 17.3 Å². The van der Waals surface area contributed by atoms with Gasteiger partial charge in [-0.2, -0.15) is 0 Å². The Morgan fingerprint density at radius 2 is 1.62 bits per heavy atom. The van der Waals surface area contributed by atoms with Gasteiger partial charge >= 0.3 is 0 Å². The molecule has 4 aromatic rings. The molecule has 4 rings (SSSR count). The van der Waals surface area contributed by atoms with Crippen molar-refractivity contribution in [2.45, 2.75) is 18.7 Å². The Hall–Kier alpha value is -4.35. The summed E-state index contributed by atoms with van der Waals surface area (Å²) in [7, 11) is -2.24. The smallest absolute Gasteiger partial charge is 0.264 e. The molecule has 1 aromatic heterocycles. The summed E-state index contributed by atoms with van der Waals surface area (Å²) in [4.78, 5) is 26.5. The van der Waals surface area contributed by atoms with Gasteiger partial charge in [0.15, 0.2) is 6.61 Å². The van der Waals surface area contributed by atoms with Gasteiger partial charge in [-0.15, -0.1) is 0 Å². The Morgan fingerprint density at radius 3 is 2.21 bits per heavy atom. The van der Waals surface area contributed by atoms with E-state index in [0.717, 1.165) is 0 Å². The molecule has 2 amide bonds. The van der Waals surface area contributed by atoms with Crippen LogP contribution in [-0.2, 0) is 14.8 Å². The average Bonchev–Trinajstić information content (AvgIpc) is 3.24. The number of hydrogen-bond acceptors (Lipinski definition) is 7. The number of aromatic nitrogens is 1. The van der Waals surface area contributed by atoms with Crippen LogP contribution in [0.5, 0.6) is 5.75 Å². The first-order chi connectivity index (χ1) is 18.5. The topological polar surface area (TPSA) is 131 Å². The van der Waals surface area contributed by atoms with Crippen molar-refractivity contribution in [3.05, 3.63) is 94.6 Å². The number of rotatable bonds is 9. The Balaban J connectivity index is 1.29. The molecule has 0 saturated carbocycles. The molecule has 10 nitrogen and oxygen atoms in total. The molecule has 0 spiro atoms. The van der Waals surface area contributed by atoms with Crippen molar-refractivity contribution < 1.29 is 27.3 Å². The zero-order valence-corrected chi connectivity index (χ0v) is 22.8. The normalized spacial score (nSPS) is 11.1. The van der Waals surface area contributed by atoms with E-state index >= 15 is 0 Å². The lowest BCUT2D eigenvalue weighted by atomic mass is 10.2. The molecular formula is C27H25ClN4O6S. The first kappa shape index (κ1) is 27.7. The van der Waals surface area contributed by atoms with Gasteiger partial charge in [-0.1, -0.05) is 16.8 Å². The maximum absolute atomic E-state index is 12.7.